The van der Waals surface area contributed by atoms with E-state index in [9.17, 15) is 14.5 Å². The van der Waals surface area contributed by atoms with E-state index in [1.54, 1.807) is 30.3 Å². The van der Waals surface area contributed by atoms with Gasteiger partial charge < -0.3 is 10.1 Å². The van der Waals surface area contributed by atoms with Gasteiger partial charge in [-0.2, -0.15) is 0 Å². The van der Waals surface area contributed by atoms with Crippen molar-refractivity contribution >= 4 is 12.0 Å². The molecule has 6 heteroatoms. The summed E-state index contributed by atoms with van der Waals surface area (Å²) < 4.78 is 4.35. The first-order valence-electron chi connectivity index (χ1n) is 4.45. The highest BCUT2D eigenvalue weighted by molar-refractivity contribution is 5.87. The van der Waals surface area contributed by atoms with Crippen molar-refractivity contribution in [3.05, 3.63) is 40.8 Å². The number of alkyl carbamates (subject to hydrolysis) is 1. The van der Waals surface area contributed by atoms with Gasteiger partial charge in [-0.1, -0.05) is 30.3 Å². The van der Waals surface area contributed by atoms with Gasteiger partial charge >= 0.3 is 12.0 Å². The van der Waals surface area contributed by atoms with E-state index < -0.39 is 18.0 Å². The van der Waals surface area contributed by atoms with E-state index in [1.807, 2.05) is 0 Å². The fraction of sp³-hybridized carbons (Fsp3) is 0.200. The zero-order chi connectivity index (χ0) is 12.0. The Morgan fingerprint density at radius 2 is 1.94 bits per heavy atom. The molecule has 0 aromatic heterocycles. The summed E-state index contributed by atoms with van der Waals surface area (Å²) in [5, 5.41) is 4.52. The summed E-state index contributed by atoms with van der Waals surface area (Å²) in [6, 6.07) is 7.20. The second-order valence-electron chi connectivity index (χ2n) is 2.91. The summed E-state index contributed by atoms with van der Waals surface area (Å²) >= 11 is 0. The zero-order valence-corrected chi connectivity index (χ0v) is 8.54. The van der Waals surface area contributed by atoms with Crippen molar-refractivity contribution in [3.63, 3.8) is 0 Å². The van der Waals surface area contributed by atoms with Crippen LogP contribution in [0.25, 0.3) is 0 Å². The van der Waals surface area contributed by atoms with Crippen LogP contribution in [-0.2, 0) is 9.53 Å². The fourth-order valence-corrected chi connectivity index (χ4v) is 1.16. The topological polar surface area (TPSA) is 84.8 Å². The fourth-order valence-electron chi connectivity index (χ4n) is 1.16. The molecular weight excluding hydrogens is 212 g/mol. The first-order valence-corrected chi connectivity index (χ1v) is 4.45. The molecule has 1 aromatic carbocycles. The molecule has 1 N–H and O–H groups in total. The van der Waals surface area contributed by atoms with Gasteiger partial charge in [0.15, 0.2) is 0 Å². The molecule has 0 radical (unpaired) electrons. The molecule has 0 saturated heterocycles. The minimum Gasteiger partial charge on any atom is -0.453 e. The number of hydrogen-bond donors (Lipinski definition) is 1. The van der Waals surface area contributed by atoms with Crippen LogP contribution in [0.2, 0.25) is 0 Å². The lowest BCUT2D eigenvalue weighted by Crippen LogP contribution is -2.32. The number of rotatable bonds is 3. The molecule has 0 aliphatic rings. The number of nitroso groups, excluding NO2 is 1. The number of carbonyl (C=O) groups excluding carboxylic acids is 2. The van der Waals surface area contributed by atoms with Crippen LogP contribution in [0.5, 0.6) is 0 Å². The lowest BCUT2D eigenvalue weighted by molar-refractivity contribution is -0.119. The molecule has 0 unspecified atom stereocenters. The van der Waals surface area contributed by atoms with Crippen molar-refractivity contribution in [2.75, 3.05) is 7.11 Å². The van der Waals surface area contributed by atoms with E-state index in [0.717, 1.165) is 7.11 Å². The quantitative estimate of drug-likeness (QED) is 0.783. The number of amides is 2. The largest absolute Gasteiger partial charge is 0.453 e. The Morgan fingerprint density at radius 3 is 2.44 bits per heavy atom. The predicted molar refractivity (Wildman–Crippen MR) is 55.5 cm³/mol. The van der Waals surface area contributed by atoms with Crippen LogP contribution in [0, 0.1) is 4.91 Å². The normalized spacial score (nSPS) is 11.3. The molecule has 0 aliphatic carbocycles. The van der Waals surface area contributed by atoms with Crippen LogP contribution >= 0.6 is 0 Å². The lowest BCUT2D eigenvalue weighted by Gasteiger charge is -2.13. The molecule has 1 atom stereocenters. The molecule has 84 valence electrons. The third-order valence-corrected chi connectivity index (χ3v) is 1.92. The van der Waals surface area contributed by atoms with Gasteiger partial charge in [-0.25, -0.2) is 4.79 Å². The van der Waals surface area contributed by atoms with Gasteiger partial charge in [0.05, 0.1) is 7.11 Å². The van der Waals surface area contributed by atoms with Crippen molar-refractivity contribution in [2.24, 2.45) is 5.18 Å². The van der Waals surface area contributed by atoms with Gasteiger partial charge in [-0.3, -0.25) is 4.79 Å². The Bertz CT molecular complexity index is 391. The molecule has 0 bridgehead atoms. The second kappa shape index (κ2) is 5.59. The highest BCUT2D eigenvalue weighted by atomic mass is 16.5. The molecule has 0 heterocycles. The van der Waals surface area contributed by atoms with Crippen molar-refractivity contribution in [1.82, 2.24) is 5.32 Å². The van der Waals surface area contributed by atoms with E-state index in [-0.39, 0.29) is 0 Å². The van der Waals surface area contributed by atoms with Crippen LogP contribution in [0.3, 0.4) is 0 Å². The standard InChI is InChI=1S/C10H10N2O4/c1-16-10(14)11-8(9(13)12-15)7-5-3-2-4-6-7/h2-6,8H,1H3,(H,11,14)/t8-/m0/s1. The Kier molecular flexibility index (Phi) is 4.14. The van der Waals surface area contributed by atoms with E-state index in [1.165, 1.54) is 0 Å². The number of hydrogen-bond acceptors (Lipinski definition) is 4. The summed E-state index contributed by atoms with van der Waals surface area (Å²) in [4.78, 5) is 32.4. The average Bonchev–Trinajstić information content (AvgIpc) is 2.35. The minimum absolute atomic E-state index is 0.470. The molecule has 0 saturated carbocycles. The van der Waals surface area contributed by atoms with Crippen LogP contribution in [0.15, 0.2) is 35.5 Å². The van der Waals surface area contributed by atoms with Gasteiger partial charge in [-0.15, -0.1) is 4.91 Å². The number of ether oxygens (including phenoxy) is 1. The number of nitrogens with one attached hydrogen (secondary N) is 1. The van der Waals surface area contributed by atoms with Gasteiger partial charge in [0, 0.05) is 5.18 Å². The smallest absolute Gasteiger partial charge is 0.407 e. The monoisotopic (exact) mass is 222 g/mol. The Hall–Kier alpha value is -2.24. The van der Waals surface area contributed by atoms with E-state index in [2.05, 4.69) is 15.2 Å². The lowest BCUT2D eigenvalue weighted by atomic mass is 10.1. The summed E-state index contributed by atoms with van der Waals surface area (Å²) in [6.07, 6.45) is -0.800. The van der Waals surface area contributed by atoms with Crippen LogP contribution in [-0.4, -0.2) is 19.1 Å². The van der Waals surface area contributed by atoms with Gasteiger partial charge in [0.1, 0.15) is 6.04 Å². The number of benzene rings is 1. The molecule has 0 fully saturated rings. The maximum Gasteiger partial charge on any atom is 0.407 e. The molecule has 1 rings (SSSR count). The van der Waals surface area contributed by atoms with Crippen LogP contribution in [0.1, 0.15) is 11.6 Å². The Labute approximate surface area is 91.6 Å². The molecule has 0 spiro atoms. The first kappa shape index (κ1) is 11.8. The SMILES string of the molecule is COC(=O)N[C@H](C(=O)N=O)c1ccccc1. The summed E-state index contributed by atoms with van der Waals surface area (Å²) in [5.74, 6) is -0.975. The van der Waals surface area contributed by atoms with Gasteiger partial charge in [-0.05, 0) is 5.56 Å². The highest BCUT2D eigenvalue weighted by Crippen LogP contribution is 2.14. The third kappa shape index (κ3) is 2.88. The van der Waals surface area contributed by atoms with Crippen molar-refractivity contribution in [2.45, 2.75) is 6.04 Å². The second-order valence-corrected chi connectivity index (χ2v) is 2.91. The molecule has 6 nitrogen and oxygen atoms in total. The summed E-state index contributed by atoms with van der Waals surface area (Å²) in [6.45, 7) is 0. The highest BCUT2D eigenvalue weighted by Gasteiger charge is 2.23. The number of methoxy groups -OCH3 is 1. The third-order valence-electron chi connectivity index (χ3n) is 1.92. The average molecular weight is 222 g/mol. The molecule has 0 aliphatic heterocycles. The van der Waals surface area contributed by atoms with Crippen LogP contribution in [0.4, 0.5) is 4.79 Å². The van der Waals surface area contributed by atoms with E-state index >= 15 is 0 Å². The van der Waals surface area contributed by atoms with Crippen molar-refractivity contribution < 1.29 is 14.3 Å². The number of nitrogens with zero attached hydrogens (tertiary/aromatic N) is 1. The molecule has 1 aromatic rings. The summed E-state index contributed by atoms with van der Waals surface area (Å²) in [5.41, 5.74) is 0.470. The van der Waals surface area contributed by atoms with Crippen molar-refractivity contribution in [1.29, 1.82) is 0 Å². The minimum atomic E-state index is -1.11. The first-order chi connectivity index (χ1) is 7.69. The number of carbonyl (C=O) groups is 2. The van der Waals surface area contributed by atoms with E-state index in [4.69, 9.17) is 0 Å². The molecule has 2 amide bonds. The zero-order valence-electron chi connectivity index (χ0n) is 8.54. The molecular formula is C10H10N2O4. The van der Waals surface area contributed by atoms with Gasteiger partial charge in [0.25, 0.3) is 0 Å². The molecule has 16 heavy (non-hydrogen) atoms. The van der Waals surface area contributed by atoms with Crippen molar-refractivity contribution in [3.8, 4) is 0 Å². The Morgan fingerprint density at radius 1 is 1.31 bits per heavy atom. The predicted octanol–water partition coefficient (Wildman–Crippen LogP) is 1.38. The summed E-state index contributed by atoms with van der Waals surface area (Å²) in [7, 11) is 1.16. The van der Waals surface area contributed by atoms with E-state index in [0.29, 0.717) is 5.56 Å². The maximum atomic E-state index is 11.2. The van der Waals surface area contributed by atoms with Crippen LogP contribution < -0.4 is 5.32 Å². The van der Waals surface area contributed by atoms with Gasteiger partial charge in [0.2, 0.25) is 0 Å². The maximum absolute atomic E-state index is 11.2. The Balaban J connectivity index is 2.92.